The lowest BCUT2D eigenvalue weighted by Gasteiger charge is -1.94. The molecule has 6 heteroatoms. The standard InChI is InChI=1S/C14H7FN4O/c15-11-5-2-6-17-12(11)13-18-14(20-19-13)10-4-1-3-9(7-10)8-16/h1-7H. The van der Waals surface area contributed by atoms with Crippen LogP contribution in [-0.4, -0.2) is 15.1 Å². The fraction of sp³-hybridized carbons (Fsp3) is 0. The van der Waals surface area contributed by atoms with Crippen LogP contribution in [0, 0.1) is 17.1 Å². The number of halogens is 1. The van der Waals surface area contributed by atoms with Gasteiger partial charge in [-0.05, 0) is 30.3 Å². The summed E-state index contributed by atoms with van der Waals surface area (Å²) in [6.07, 6.45) is 1.45. The van der Waals surface area contributed by atoms with E-state index >= 15 is 0 Å². The molecule has 0 aliphatic carbocycles. The largest absolute Gasteiger partial charge is 0.334 e. The molecule has 3 rings (SSSR count). The number of benzene rings is 1. The molecule has 2 aromatic heterocycles. The average Bonchev–Trinajstić information content (AvgIpc) is 2.97. The molecule has 0 bridgehead atoms. The van der Waals surface area contributed by atoms with Crippen LogP contribution in [0.25, 0.3) is 23.0 Å². The van der Waals surface area contributed by atoms with Gasteiger partial charge in [0.2, 0.25) is 5.82 Å². The van der Waals surface area contributed by atoms with E-state index in [4.69, 9.17) is 9.78 Å². The number of rotatable bonds is 2. The Kier molecular flexibility index (Phi) is 2.94. The summed E-state index contributed by atoms with van der Waals surface area (Å²) in [5.41, 5.74) is 1.10. The van der Waals surface area contributed by atoms with Crippen molar-refractivity contribution in [3.8, 4) is 29.0 Å². The minimum Gasteiger partial charge on any atom is -0.334 e. The molecule has 0 aliphatic rings. The molecule has 0 unspecified atom stereocenters. The molecule has 96 valence electrons. The summed E-state index contributed by atoms with van der Waals surface area (Å²) in [4.78, 5) is 7.97. The van der Waals surface area contributed by atoms with Gasteiger partial charge in [-0.3, -0.25) is 0 Å². The number of aromatic nitrogens is 3. The van der Waals surface area contributed by atoms with E-state index in [1.165, 1.54) is 18.3 Å². The molecular formula is C14H7FN4O. The number of nitrogens with zero attached hydrogens (tertiary/aromatic N) is 4. The van der Waals surface area contributed by atoms with E-state index in [9.17, 15) is 4.39 Å². The first kappa shape index (κ1) is 12.0. The maximum atomic E-state index is 13.6. The molecule has 20 heavy (non-hydrogen) atoms. The highest BCUT2D eigenvalue weighted by Gasteiger charge is 2.15. The summed E-state index contributed by atoms with van der Waals surface area (Å²) in [6, 6.07) is 11.5. The summed E-state index contributed by atoms with van der Waals surface area (Å²) in [7, 11) is 0. The van der Waals surface area contributed by atoms with E-state index in [1.54, 1.807) is 24.3 Å². The second-order valence-electron chi connectivity index (χ2n) is 3.95. The van der Waals surface area contributed by atoms with Crippen molar-refractivity contribution in [2.24, 2.45) is 0 Å². The number of nitriles is 1. The van der Waals surface area contributed by atoms with Crippen LogP contribution in [0.4, 0.5) is 4.39 Å². The van der Waals surface area contributed by atoms with Crippen LogP contribution in [0.5, 0.6) is 0 Å². The minimum absolute atomic E-state index is 0.0268. The van der Waals surface area contributed by atoms with Gasteiger partial charge in [-0.15, -0.1) is 0 Å². The molecule has 0 saturated heterocycles. The Morgan fingerprint density at radius 1 is 1.20 bits per heavy atom. The first-order valence-electron chi connectivity index (χ1n) is 5.73. The molecule has 3 aromatic rings. The van der Waals surface area contributed by atoms with Crippen LogP contribution in [0.15, 0.2) is 47.1 Å². The molecule has 1 aromatic carbocycles. The van der Waals surface area contributed by atoms with E-state index in [1.807, 2.05) is 6.07 Å². The maximum Gasteiger partial charge on any atom is 0.258 e. The van der Waals surface area contributed by atoms with Gasteiger partial charge < -0.3 is 4.52 Å². The third-order valence-corrected chi connectivity index (χ3v) is 2.63. The predicted octanol–water partition coefficient (Wildman–Crippen LogP) is 2.81. The van der Waals surface area contributed by atoms with Crippen molar-refractivity contribution >= 4 is 0 Å². The molecule has 0 radical (unpaired) electrons. The molecule has 0 atom stereocenters. The smallest absolute Gasteiger partial charge is 0.258 e. The summed E-state index contributed by atoms with van der Waals surface area (Å²) in [5.74, 6) is -0.242. The lowest BCUT2D eigenvalue weighted by molar-refractivity contribution is 0.431. The van der Waals surface area contributed by atoms with Crippen LogP contribution in [0.1, 0.15) is 5.56 Å². The monoisotopic (exact) mass is 266 g/mol. The van der Waals surface area contributed by atoms with Gasteiger partial charge in [0.15, 0.2) is 5.82 Å². The van der Waals surface area contributed by atoms with Crippen molar-refractivity contribution in [3.05, 3.63) is 54.0 Å². The Morgan fingerprint density at radius 2 is 2.10 bits per heavy atom. The zero-order valence-electron chi connectivity index (χ0n) is 10.1. The Morgan fingerprint density at radius 3 is 2.90 bits per heavy atom. The van der Waals surface area contributed by atoms with Gasteiger partial charge >= 0.3 is 0 Å². The third kappa shape index (κ3) is 2.12. The SMILES string of the molecule is N#Cc1cccc(-c2nc(-c3ncccc3F)no2)c1. The molecule has 0 saturated carbocycles. The van der Waals surface area contributed by atoms with Gasteiger partial charge in [0.25, 0.3) is 5.89 Å². The Hall–Kier alpha value is -3.07. The molecule has 2 heterocycles. The molecular weight excluding hydrogens is 259 g/mol. The second kappa shape index (κ2) is 4.90. The van der Waals surface area contributed by atoms with Crippen molar-refractivity contribution in [1.82, 2.24) is 15.1 Å². The first-order chi connectivity index (χ1) is 9.78. The molecule has 5 nitrogen and oxygen atoms in total. The molecule has 0 aliphatic heterocycles. The van der Waals surface area contributed by atoms with Crippen LogP contribution >= 0.6 is 0 Å². The highest BCUT2D eigenvalue weighted by Crippen LogP contribution is 2.22. The van der Waals surface area contributed by atoms with E-state index in [0.717, 1.165) is 0 Å². The summed E-state index contributed by atoms with van der Waals surface area (Å²) in [5, 5.41) is 12.6. The summed E-state index contributed by atoms with van der Waals surface area (Å²) >= 11 is 0. The van der Waals surface area contributed by atoms with Gasteiger partial charge in [0.05, 0.1) is 11.6 Å². The van der Waals surface area contributed by atoms with E-state index in [0.29, 0.717) is 11.1 Å². The van der Waals surface area contributed by atoms with Crippen LogP contribution in [0.3, 0.4) is 0 Å². The number of hydrogen-bond acceptors (Lipinski definition) is 5. The summed E-state index contributed by atoms with van der Waals surface area (Å²) in [6.45, 7) is 0. The predicted molar refractivity (Wildman–Crippen MR) is 67.6 cm³/mol. The van der Waals surface area contributed by atoms with E-state index < -0.39 is 5.82 Å². The lowest BCUT2D eigenvalue weighted by atomic mass is 10.1. The second-order valence-corrected chi connectivity index (χ2v) is 3.95. The average molecular weight is 266 g/mol. The molecule has 0 fully saturated rings. The number of pyridine rings is 1. The maximum absolute atomic E-state index is 13.6. The summed E-state index contributed by atoms with van der Waals surface area (Å²) < 4.78 is 18.7. The van der Waals surface area contributed by atoms with E-state index in [2.05, 4.69) is 15.1 Å². The van der Waals surface area contributed by atoms with Crippen molar-refractivity contribution in [1.29, 1.82) is 5.26 Å². The number of hydrogen-bond donors (Lipinski definition) is 0. The van der Waals surface area contributed by atoms with Crippen LogP contribution in [0.2, 0.25) is 0 Å². The highest BCUT2D eigenvalue weighted by atomic mass is 19.1. The van der Waals surface area contributed by atoms with E-state index in [-0.39, 0.29) is 17.4 Å². The van der Waals surface area contributed by atoms with Crippen molar-refractivity contribution in [3.63, 3.8) is 0 Å². The topological polar surface area (TPSA) is 75.6 Å². The first-order valence-corrected chi connectivity index (χ1v) is 5.73. The fourth-order valence-corrected chi connectivity index (χ4v) is 1.71. The van der Waals surface area contributed by atoms with Gasteiger partial charge in [-0.2, -0.15) is 10.2 Å². The van der Waals surface area contributed by atoms with Crippen LogP contribution < -0.4 is 0 Å². The quantitative estimate of drug-likeness (QED) is 0.712. The van der Waals surface area contributed by atoms with Gasteiger partial charge in [0.1, 0.15) is 5.69 Å². The molecule has 0 amide bonds. The Balaban J connectivity index is 2.02. The fourth-order valence-electron chi connectivity index (χ4n) is 1.71. The van der Waals surface area contributed by atoms with Gasteiger partial charge in [-0.25, -0.2) is 9.37 Å². The van der Waals surface area contributed by atoms with Gasteiger partial charge in [-0.1, -0.05) is 11.2 Å². The minimum atomic E-state index is -0.523. The Labute approximate surface area is 113 Å². The normalized spacial score (nSPS) is 10.2. The highest BCUT2D eigenvalue weighted by molar-refractivity contribution is 5.59. The zero-order valence-corrected chi connectivity index (χ0v) is 10.1. The van der Waals surface area contributed by atoms with Gasteiger partial charge in [0, 0.05) is 11.8 Å². The van der Waals surface area contributed by atoms with Crippen molar-refractivity contribution in [2.75, 3.05) is 0 Å². The van der Waals surface area contributed by atoms with Crippen molar-refractivity contribution in [2.45, 2.75) is 0 Å². The molecule has 0 N–H and O–H groups in total. The zero-order chi connectivity index (χ0) is 13.9. The lowest BCUT2D eigenvalue weighted by Crippen LogP contribution is -1.90. The van der Waals surface area contributed by atoms with Crippen molar-refractivity contribution < 1.29 is 8.91 Å². The van der Waals surface area contributed by atoms with Crippen LogP contribution in [-0.2, 0) is 0 Å². The Bertz CT molecular complexity index is 807. The third-order valence-electron chi connectivity index (χ3n) is 2.63. The molecule has 0 spiro atoms.